The lowest BCUT2D eigenvalue weighted by Gasteiger charge is -2.20. The van der Waals surface area contributed by atoms with Gasteiger partial charge in [-0.2, -0.15) is 0 Å². The molecule has 7 nitrogen and oxygen atoms in total. The number of nitrogens with one attached hydrogen (secondary N) is 2. The van der Waals surface area contributed by atoms with Crippen LogP contribution < -0.4 is 10.6 Å². The number of hydrogen-bond donors (Lipinski definition) is 2. The molecule has 0 saturated heterocycles. The van der Waals surface area contributed by atoms with Gasteiger partial charge < -0.3 is 20.1 Å². The molecule has 0 fully saturated rings. The van der Waals surface area contributed by atoms with Gasteiger partial charge >= 0.3 is 12.1 Å². The lowest BCUT2D eigenvalue weighted by molar-refractivity contribution is -0.145. The number of alkyl carbamates (subject to hydrolysis) is 1. The van der Waals surface area contributed by atoms with E-state index in [1.165, 1.54) is 7.11 Å². The van der Waals surface area contributed by atoms with Gasteiger partial charge in [0.15, 0.2) is 6.04 Å². The van der Waals surface area contributed by atoms with Gasteiger partial charge in [0.25, 0.3) is 0 Å². The fraction of sp³-hybridized carbons (Fsp3) is 0.471. The first-order valence-electron chi connectivity index (χ1n) is 7.62. The smallest absolute Gasteiger partial charge is 0.407 e. The largest absolute Gasteiger partial charge is 0.467 e. The molecule has 0 aromatic heterocycles. The molecule has 0 heterocycles. The number of ether oxygens (including phenoxy) is 2. The van der Waals surface area contributed by atoms with Gasteiger partial charge in [0, 0.05) is 13.0 Å². The van der Waals surface area contributed by atoms with Crippen LogP contribution >= 0.6 is 0 Å². The van der Waals surface area contributed by atoms with Crippen LogP contribution in [0, 0.1) is 0 Å². The van der Waals surface area contributed by atoms with E-state index in [1.807, 2.05) is 6.07 Å². The predicted octanol–water partition coefficient (Wildman–Crippen LogP) is 1.93. The molecule has 0 bridgehead atoms. The Morgan fingerprint density at radius 3 is 2.29 bits per heavy atom. The summed E-state index contributed by atoms with van der Waals surface area (Å²) in [6.07, 6.45) is -0.581. The molecule has 0 aliphatic heterocycles. The molecule has 132 valence electrons. The monoisotopic (exact) mass is 336 g/mol. The van der Waals surface area contributed by atoms with Crippen LogP contribution in [0.5, 0.6) is 0 Å². The standard InChI is InChI=1S/C17H24N2O5/c1-17(2,3)24-16(22)18-11-10-13(20)19-14(15(21)23-4)12-8-6-5-7-9-12/h5-9,14H,10-11H2,1-4H3,(H,18,22)(H,19,20)/t14-/m1/s1. The van der Waals surface area contributed by atoms with Gasteiger partial charge in [-0.05, 0) is 26.3 Å². The van der Waals surface area contributed by atoms with Crippen molar-refractivity contribution in [2.24, 2.45) is 0 Å². The zero-order chi connectivity index (χ0) is 18.2. The molecule has 1 rings (SSSR count). The molecule has 1 aromatic rings. The third-order valence-electron chi connectivity index (χ3n) is 2.90. The summed E-state index contributed by atoms with van der Waals surface area (Å²) in [5, 5.41) is 5.09. The van der Waals surface area contributed by atoms with E-state index in [-0.39, 0.29) is 18.9 Å². The molecule has 24 heavy (non-hydrogen) atoms. The molecule has 1 atom stereocenters. The molecule has 0 unspecified atom stereocenters. The Balaban J connectivity index is 2.52. The predicted molar refractivity (Wildman–Crippen MR) is 88.2 cm³/mol. The van der Waals surface area contributed by atoms with Crippen molar-refractivity contribution in [2.45, 2.75) is 38.8 Å². The summed E-state index contributed by atoms with van der Waals surface area (Å²) in [7, 11) is 1.26. The van der Waals surface area contributed by atoms with E-state index in [9.17, 15) is 14.4 Å². The highest BCUT2D eigenvalue weighted by Crippen LogP contribution is 2.14. The minimum Gasteiger partial charge on any atom is -0.467 e. The second kappa shape index (κ2) is 8.90. The summed E-state index contributed by atoms with van der Waals surface area (Å²) in [6, 6.07) is 7.90. The normalized spacial score (nSPS) is 12.0. The fourth-order valence-electron chi connectivity index (χ4n) is 1.87. The molecule has 7 heteroatoms. The number of esters is 1. The average Bonchev–Trinajstić information content (AvgIpc) is 2.51. The van der Waals surface area contributed by atoms with Crippen LogP contribution in [0.3, 0.4) is 0 Å². The molecule has 0 saturated carbocycles. The highest BCUT2D eigenvalue weighted by molar-refractivity contribution is 5.85. The zero-order valence-electron chi connectivity index (χ0n) is 14.4. The number of amides is 2. The fourth-order valence-corrected chi connectivity index (χ4v) is 1.87. The van der Waals surface area contributed by atoms with Crippen molar-refractivity contribution in [3.8, 4) is 0 Å². The van der Waals surface area contributed by atoms with Gasteiger partial charge in [-0.25, -0.2) is 9.59 Å². The van der Waals surface area contributed by atoms with Gasteiger partial charge in [-0.1, -0.05) is 30.3 Å². The molecule has 1 aromatic carbocycles. The zero-order valence-corrected chi connectivity index (χ0v) is 14.4. The maximum atomic E-state index is 12.0. The van der Waals surface area contributed by atoms with Gasteiger partial charge in [-0.15, -0.1) is 0 Å². The van der Waals surface area contributed by atoms with Crippen LogP contribution in [0.4, 0.5) is 4.79 Å². The van der Waals surface area contributed by atoms with E-state index in [0.717, 1.165) is 0 Å². The molecule has 0 spiro atoms. The van der Waals surface area contributed by atoms with Gasteiger partial charge in [-0.3, -0.25) is 4.79 Å². The van der Waals surface area contributed by atoms with E-state index < -0.39 is 23.7 Å². The van der Waals surface area contributed by atoms with E-state index in [4.69, 9.17) is 9.47 Å². The summed E-state index contributed by atoms with van der Waals surface area (Å²) < 4.78 is 9.79. The Morgan fingerprint density at radius 2 is 1.75 bits per heavy atom. The maximum Gasteiger partial charge on any atom is 0.407 e. The summed E-state index contributed by atoms with van der Waals surface area (Å²) >= 11 is 0. The van der Waals surface area contributed by atoms with Crippen molar-refractivity contribution in [3.63, 3.8) is 0 Å². The highest BCUT2D eigenvalue weighted by Gasteiger charge is 2.23. The summed E-state index contributed by atoms with van der Waals surface area (Å²) in [5.41, 5.74) is 0.0214. The van der Waals surface area contributed by atoms with E-state index >= 15 is 0 Å². The number of rotatable bonds is 6. The van der Waals surface area contributed by atoms with Crippen LogP contribution in [-0.4, -0.2) is 37.2 Å². The topological polar surface area (TPSA) is 93.7 Å². The van der Waals surface area contributed by atoms with Crippen molar-refractivity contribution in [1.82, 2.24) is 10.6 Å². The number of methoxy groups -OCH3 is 1. The van der Waals surface area contributed by atoms with Crippen molar-refractivity contribution < 1.29 is 23.9 Å². The molecule has 2 amide bonds. The van der Waals surface area contributed by atoms with Crippen LogP contribution in [0.25, 0.3) is 0 Å². The summed E-state index contributed by atoms with van der Waals surface area (Å²) in [4.78, 5) is 35.4. The third kappa shape index (κ3) is 7.13. The van der Waals surface area contributed by atoms with Crippen molar-refractivity contribution in [1.29, 1.82) is 0 Å². The molecule has 0 aliphatic carbocycles. The van der Waals surface area contributed by atoms with Crippen LogP contribution in [-0.2, 0) is 19.1 Å². The van der Waals surface area contributed by atoms with E-state index in [2.05, 4.69) is 10.6 Å². The second-order valence-electron chi connectivity index (χ2n) is 6.11. The Bertz CT molecular complexity index is 566. The van der Waals surface area contributed by atoms with Gasteiger partial charge in [0.1, 0.15) is 5.60 Å². The van der Waals surface area contributed by atoms with E-state index in [1.54, 1.807) is 45.0 Å². The average molecular weight is 336 g/mol. The number of carbonyl (C=O) groups excluding carboxylic acids is 3. The Hall–Kier alpha value is -2.57. The Labute approximate surface area is 141 Å². The van der Waals surface area contributed by atoms with Crippen LogP contribution in [0.15, 0.2) is 30.3 Å². The molecular weight excluding hydrogens is 312 g/mol. The Kier molecular flexibility index (Phi) is 7.23. The molecule has 0 aliphatic rings. The van der Waals surface area contributed by atoms with Gasteiger partial charge in [0.2, 0.25) is 5.91 Å². The first kappa shape index (κ1) is 19.5. The van der Waals surface area contributed by atoms with Crippen molar-refractivity contribution in [2.75, 3.05) is 13.7 Å². The van der Waals surface area contributed by atoms with Crippen molar-refractivity contribution in [3.05, 3.63) is 35.9 Å². The maximum absolute atomic E-state index is 12.0. The number of benzene rings is 1. The quantitative estimate of drug-likeness (QED) is 0.774. The SMILES string of the molecule is COC(=O)[C@H](NC(=O)CCNC(=O)OC(C)(C)C)c1ccccc1. The lowest BCUT2D eigenvalue weighted by atomic mass is 10.1. The summed E-state index contributed by atoms with van der Waals surface area (Å²) in [6.45, 7) is 5.35. The van der Waals surface area contributed by atoms with Crippen LogP contribution in [0.1, 0.15) is 38.8 Å². The summed E-state index contributed by atoms with van der Waals surface area (Å²) in [5.74, 6) is -0.944. The Morgan fingerprint density at radius 1 is 1.12 bits per heavy atom. The molecule has 0 radical (unpaired) electrons. The van der Waals surface area contributed by atoms with Crippen molar-refractivity contribution >= 4 is 18.0 Å². The first-order chi connectivity index (χ1) is 11.2. The highest BCUT2D eigenvalue weighted by atomic mass is 16.6. The number of carbonyl (C=O) groups is 3. The molecular formula is C17H24N2O5. The van der Waals surface area contributed by atoms with Crippen LogP contribution in [0.2, 0.25) is 0 Å². The lowest BCUT2D eigenvalue weighted by Crippen LogP contribution is -2.38. The number of hydrogen-bond acceptors (Lipinski definition) is 5. The first-order valence-corrected chi connectivity index (χ1v) is 7.62. The van der Waals surface area contributed by atoms with Gasteiger partial charge in [0.05, 0.1) is 7.11 Å². The molecule has 2 N–H and O–H groups in total. The minimum atomic E-state index is -0.884. The minimum absolute atomic E-state index is 0.0135. The van der Waals surface area contributed by atoms with E-state index in [0.29, 0.717) is 5.56 Å². The second-order valence-corrected chi connectivity index (χ2v) is 6.11. The third-order valence-corrected chi connectivity index (χ3v) is 2.90.